The number of ether oxygens (including phenoxy) is 1. The third kappa shape index (κ3) is 5.78. The van der Waals surface area contributed by atoms with Crippen molar-refractivity contribution in [3.63, 3.8) is 0 Å². The van der Waals surface area contributed by atoms with Gasteiger partial charge in [-0.3, -0.25) is 0 Å². The fourth-order valence-electron chi connectivity index (χ4n) is 9.44. The molecule has 6 rings (SSSR count). The summed E-state index contributed by atoms with van der Waals surface area (Å²) in [6.07, 6.45) is 11.7. The summed E-state index contributed by atoms with van der Waals surface area (Å²) in [5, 5.41) is 30.0. The molecule has 2 saturated carbocycles. The molecule has 6 atom stereocenters. The maximum absolute atomic E-state index is 11.8. The summed E-state index contributed by atoms with van der Waals surface area (Å²) >= 11 is 0. The summed E-state index contributed by atoms with van der Waals surface area (Å²) in [7, 11) is 1.43. The van der Waals surface area contributed by atoms with E-state index in [1.165, 1.54) is 29.4 Å². The summed E-state index contributed by atoms with van der Waals surface area (Å²) in [5.74, 6) is -0.0637. The summed E-state index contributed by atoms with van der Waals surface area (Å²) in [6, 6.07) is 11.7. The molecule has 3 N–H and O–H groups in total. The van der Waals surface area contributed by atoms with Crippen LogP contribution in [0.25, 0.3) is 0 Å². The first-order chi connectivity index (χ1) is 20.3. The van der Waals surface area contributed by atoms with Crippen molar-refractivity contribution < 1.29 is 29.6 Å². The van der Waals surface area contributed by atoms with Crippen LogP contribution in [0, 0.1) is 11.8 Å². The Morgan fingerprint density at radius 2 is 1.21 bits per heavy atom. The first-order valence-electron chi connectivity index (χ1n) is 16.3. The van der Waals surface area contributed by atoms with Crippen LogP contribution in [-0.2, 0) is 28.4 Å². The quantitative estimate of drug-likeness (QED) is 0.327. The normalized spacial score (nSPS) is 34.3. The van der Waals surface area contributed by atoms with E-state index in [2.05, 4.69) is 19.9 Å². The number of fused-ring (bicyclic) bond motifs is 6. The van der Waals surface area contributed by atoms with Gasteiger partial charge in [0.1, 0.15) is 0 Å². The molecule has 0 spiro atoms. The van der Waals surface area contributed by atoms with Crippen LogP contribution >= 0.6 is 0 Å². The topological polar surface area (TPSA) is 104 Å². The molecular weight excluding hydrogens is 540 g/mol. The summed E-state index contributed by atoms with van der Waals surface area (Å²) in [4.78, 5) is 22.9. The highest BCUT2D eigenvalue weighted by molar-refractivity contribution is 5.89. The zero-order valence-electron chi connectivity index (χ0n) is 26.7. The zero-order chi connectivity index (χ0) is 31.2. The Balaban J connectivity index is 0.000000171. The number of hydrogen-bond donors (Lipinski definition) is 3. The van der Waals surface area contributed by atoms with Gasteiger partial charge in [-0.05, 0) is 160 Å². The second-order valence-corrected chi connectivity index (χ2v) is 14.4. The van der Waals surface area contributed by atoms with Gasteiger partial charge in [0, 0.05) is 0 Å². The summed E-state index contributed by atoms with van der Waals surface area (Å²) < 4.78 is 4.84. The van der Waals surface area contributed by atoms with E-state index in [1.807, 2.05) is 38.1 Å². The third-order valence-electron chi connectivity index (χ3n) is 11.9. The van der Waals surface area contributed by atoms with Gasteiger partial charge in [-0.15, -0.1) is 0 Å². The second-order valence-electron chi connectivity index (χ2n) is 14.4. The highest BCUT2D eigenvalue weighted by Crippen LogP contribution is 2.55. The average molecular weight is 591 g/mol. The molecule has 0 heterocycles. The van der Waals surface area contributed by atoms with Crippen molar-refractivity contribution in [1.82, 2.24) is 0 Å². The third-order valence-corrected chi connectivity index (χ3v) is 11.9. The predicted octanol–water partition coefficient (Wildman–Crippen LogP) is 7.15. The predicted molar refractivity (Wildman–Crippen MR) is 168 cm³/mol. The van der Waals surface area contributed by atoms with Crippen molar-refractivity contribution in [2.75, 3.05) is 7.11 Å². The van der Waals surface area contributed by atoms with E-state index in [0.717, 1.165) is 77.0 Å². The van der Waals surface area contributed by atoms with E-state index in [4.69, 9.17) is 4.74 Å². The van der Waals surface area contributed by atoms with Gasteiger partial charge in [-0.2, -0.15) is 0 Å². The van der Waals surface area contributed by atoms with Gasteiger partial charge in [0.2, 0.25) is 0 Å². The van der Waals surface area contributed by atoms with E-state index < -0.39 is 17.2 Å². The van der Waals surface area contributed by atoms with Crippen LogP contribution in [0.3, 0.4) is 0 Å². The Morgan fingerprint density at radius 3 is 1.63 bits per heavy atom. The Hall–Kier alpha value is -2.70. The van der Waals surface area contributed by atoms with Crippen molar-refractivity contribution in [2.24, 2.45) is 11.8 Å². The maximum atomic E-state index is 11.8. The van der Waals surface area contributed by atoms with Gasteiger partial charge < -0.3 is 20.1 Å². The molecule has 2 aromatic rings. The molecule has 43 heavy (non-hydrogen) atoms. The van der Waals surface area contributed by atoms with E-state index in [-0.39, 0.29) is 16.8 Å². The lowest BCUT2D eigenvalue weighted by atomic mass is 9.53. The average Bonchev–Trinajstić information content (AvgIpc) is 2.99. The summed E-state index contributed by atoms with van der Waals surface area (Å²) in [6.45, 7) is 8.42. The van der Waals surface area contributed by atoms with E-state index in [1.54, 1.807) is 6.07 Å². The van der Waals surface area contributed by atoms with Crippen LogP contribution in [0.15, 0.2) is 36.4 Å². The van der Waals surface area contributed by atoms with E-state index >= 15 is 0 Å². The van der Waals surface area contributed by atoms with Crippen molar-refractivity contribution in [1.29, 1.82) is 0 Å². The molecule has 2 aromatic carbocycles. The first-order valence-corrected chi connectivity index (χ1v) is 16.3. The van der Waals surface area contributed by atoms with Crippen LogP contribution < -0.4 is 0 Å². The lowest BCUT2D eigenvalue weighted by Crippen LogP contribution is -2.48. The van der Waals surface area contributed by atoms with E-state index in [9.17, 15) is 24.9 Å². The Bertz CT molecular complexity index is 1380. The van der Waals surface area contributed by atoms with Gasteiger partial charge in [-0.25, -0.2) is 9.59 Å². The number of carboxylic acid groups (broad SMARTS) is 1. The Labute approximate surface area is 256 Å². The number of aliphatic hydroxyl groups is 2. The number of benzene rings is 2. The maximum Gasteiger partial charge on any atom is 0.337 e. The smallest absolute Gasteiger partial charge is 0.337 e. The summed E-state index contributed by atoms with van der Waals surface area (Å²) in [5.41, 5.74) is 5.51. The molecule has 0 aromatic heterocycles. The van der Waals surface area contributed by atoms with Crippen LogP contribution in [0.5, 0.6) is 0 Å². The molecule has 0 radical (unpaired) electrons. The fraction of sp³-hybridized carbons (Fsp3) is 0.622. The van der Waals surface area contributed by atoms with E-state index in [0.29, 0.717) is 23.0 Å². The first kappa shape index (κ1) is 31.7. The number of carbonyl (C=O) groups is 2. The molecule has 0 aliphatic heterocycles. The molecule has 0 saturated heterocycles. The number of aromatic carboxylic acids is 1. The number of aryl methyl sites for hydroxylation is 2. The van der Waals surface area contributed by atoms with Crippen molar-refractivity contribution >= 4 is 11.9 Å². The van der Waals surface area contributed by atoms with Crippen LogP contribution in [0.1, 0.15) is 135 Å². The van der Waals surface area contributed by atoms with Crippen molar-refractivity contribution in [2.45, 2.75) is 127 Å². The molecule has 0 amide bonds. The largest absolute Gasteiger partial charge is 0.478 e. The molecule has 6 nitrogen and oxygen atoms in total. The van der Waals surface area contributed by atoms with Gasteiger partial charge in [0.25, 0.3) is 0 Å². The lowest BCUT2D eigenvalue weighted by Gasteiger charge is -2.52. The van der Waals surface area contributed by atoms with Crippen LogP contribution in [0.4, 0.5) is 0 Å². The van der Waals surface area contributed by atoms with Gasteiger partial charge in [0.15, 0.2) is 0 Å². The molecule has 4 aliphatic rings. The van der Waals surface area contributed by atoms with Crippen molar-refractivity contribution in [3.8, 4) is 0 Å². The highest BCUT2D eigenvalue weighted by atomic mass is 16.5. The number of carboxylic acids is 1. The molecule has 0 bridgehead atoms. The highest BCUT2D eigenvalue weighted by Gasteiger charge is 2.50. The number of esters is 1. The monoisotopic (exact) mass is 590 g/mol. The standard InChI is InChI=1S/C19H26O3.C18H24O3/c1-4-19-10-9-18(2,21)12-15(19)7-5-13-11-14(17(20)22-3)6-8-16(13)19;1-3-18-9-8-17(2,21)11-14(18)6-4-12-10-13(16(19)20)5-7-15(12)18/h6,8,11,15,21H,4-5,7,9-10,12H2,1-3H3;5,7,10,14,21H,3-4,6,8-9,11H2,1-2H3,(H,19,20). The van der Waals surface area contributed by atoms with Gasteiger partial charge in [0.05, 0.1) is 29.4 Å². The molecule has 6 heteroatoms. The van der Waals surface area contributed by atoms with Crippen molar-refractivity contribution in [3.05, 3.63) is 69.8 Å². The molecule has 4 aliphatic carbocycles. The second kappa shape index (κ2) is 11.7. The Morgan fingerprint density at radius 1 is 0.767 bits per heavy atom. The van der Waals surface area contributed by atoms with Crippen LogP contribution in [-0.4, -0.2) is 45.6 Å². The Kier molecular flexibility index (Phi) is 8.60. The molecular formula is C37H50O6. The van der Waals surface area contributed by atoms with Gasteiger partial charge in [-0.1, -0.05) is 26.0 Å². The number of methoxy groups -OCH3 is 1. The molecule has 234 valence electrons. The van der Waals surface area contributed by atoms with Gasteiger partial charge >= 0.3 is 11.9 Å². The minimum atomic E-state index is -0.850. The van der Waals surface area contributed by atoms with Crippen LogP contribution in [0.2, 0.25) is 0 Å². The number of hydrogen-bond acceptors (Lipinski definition) is 5. The zero-order valence-corrected chi connectivity index (χ0v) is 26.7. The minimum Gasteiger partial charge on any atom is -0.478 e. The lowest BCUT2D eigenvalue weighted by molar-refractivity contribution is -0.0379. The minimum absolute atomic E-state index is 0.132. The number of rotatable bonds is 4. The SMILES string of the molecule is CCC12CCC(C)(O)CC1CCc1cc(C(=O)O)ccc12.CCC12CCC(C)(O)CC1CCc1cc(C(=O)OC)ccc12. The molecule has 2 fully saturated rings. The fourth-order valence-corrected chi connectivity index (χ4v) is 9.44. The molecule has 6 unspecified atom stereocenters. The number of carbonyl (C=O) groups excluding carboxylic acids is 1.